The molecule has 0 radical (unpaired) electrons. The van der Waals surface area contributed by atoms with Crippen LogP contribution < -0.4 is 0 Å². The van der Waals surface area contributed by atoms with Gasteiger partial charge in [0.2, 0.25) is 0 Å². The Hall–Kier alpha value is -0.420. The first kappa shape index (κ1) is 14.0. The van der Waals surface area contributed by atoms with Gasteiger partial charge in [-0.25, -0.2) is 4.39 Å². The summed E-state index contributed by atoms with van der Waals surface area (Å²) in [6.45, 7) is 2.04. The summed E-state index contributed by atoms with van der Waals surface area (Å²) in [5, 5.41) is 10.2. The van der Waals surface area contributed by atoms with Crippen molar-refractivity contribution in [2.75, 3.05) is 0 Å². The van der Waals surface area contributed by atoms with Crippen molar-refractivity contribution in [3.05, 3.63) is 54.9 Å². The molecule has 1 aromatic carbocycles. The van der Waals surface area contributed by atoms with Gasteiger partial charge in [-0.15, -0.1) is 11.3 Å². The summed E-state index contributed by atoms with van der Waals surface area (Å²) in [4.78, 5) is 1.89. The maximum absolute atomic E-state index is 14.0. The SMILES string of the molecule is CCc1ccc(C(O)c2ccc(Br)c(Cl)c2F)s1. The third-order valence-corrected chi connectivity index (χ3v) is 5.20. The summed E-state index contributed by atoms with van der Waals surface area (Å²) in [7, 11) is 0. The van der Waals surface area contributed by atoms with Crippen molar-refractivity contribution in [2.45, 2.75) is 19.4 Å². The minimum atomic E-state index is -0.971. The van der Waals surface area contributed by atoms with Gasteiger partial charge >= 0.3 is 0 Å². The van der Waals surface area contributed by atoms with E-state index in [1.807, 2.05) is 19.1 Å². The fourth-order valence-electron chi connectivity index (χ4n) is 1.64. The van der Waals surface area contributed by atoms with Crippen LogP contribution in [-0.2, 0) is 6.42 Å². The first-order valence-corrected chi connectivity index (χ1v) is 7.43. The lowest BCUT2D eigenvalue weighted by Gasteiger charge is -2.11. The zero-order valence-electron chi connectivity index (χ0n) is 9.58. The fourth-order valence-corrected chi connectivity index (χ4v) is 3.07. The Morgan fingerprint density at radius 2 is 2.11 bits per heavy atom. The van der Waals surface area contributed by atoms with Crippen LogP contribution >= 0.6 is 38.9 Å². The molecule has 18 heavy (non-hydrogen) atoms. The van der Waals surface area contributed by atoms with E-state index in [0.717, 1.165) is 16.2 Å². The second kappa shape index (κ2) is 5.70. The second-order valence-corrected chi connectivity index (χ2v) is 6.26. The van der Waals surface area contributed by atoms with Crippen molar-refractivity contribution < 1.29 is 9.50 Å². The molecule has 0 fully saturated rings. The topological polar surface area (TPSA) is 20.2 Å². The molecule has 1 aromatic heterocycles. The van der Waals surface area contributed by atoms with Gasteiger partial charge in [0.05, 0.1) is 5.02 Å². The molecule has 0 amide bonds. The van der Waals surface area contributed by atoms with E-state index >= 15 is 0 Å². The first-order valence-electron chi connectivity index (χ1n) is 5.44. The predicted octanol–water partition coefficient (Wildman–Crippen LogP) is 4.95. The average molecular weight is 350 g/mol. The van der Waals surface area contributed by atoms with Crippen LogP contribution in [0.15, 0.2) is 28.7 Å². The summed E-state index contributed by atoms with van der Waals surface area (Å²) < 4.78 is 14.5. The Balaban J connectivity index is 2.39. The van der Waals surface area contributed by atoms with E-state index in [1.165, 1.54) is 11.3 Å². The van der Waals surface area contributed by atoms with E-state index in [4.69, 9.17) is 11.6 Å². The summed E-state index contributed by atoms with van der Waals surface area (Å²) in [5.41, 5.74) is 0.202. The van der Waals surface area contributed by atoms with Crippen LogP contribution in [0.4, 0.5) is 4.39 Å². The Bertz CT molecular complexity index is 570. The summed E-state index contributed by atoms with van der Waals surface area (Å²) in [5.74, 6) is -0.579. The molecule has 0 aliphatic rings. The molecule has 2 aromatic rings. The van der Waals surface area contributed by atoms with E-state index in [2.05, 4.69) is 15.9 Å². The molecule has 0 spiro atoms. The van der Waals surface area contributed by atoms with E-state index in [9.17, 15) is 9.50 Å². The average Bonchev–Trinajstić information content (AvgIpc) is 2.84. The number of thiophene rings is 1. The van der Waals surface area contributed by atoms with Gasteiger partial charge in [-0.3, -0.25) is 0 Å². The normalized spacial score (nSPS) is 12.7. The largest absolute Gasteiger partial charge is 0.383 e. The van der Waals surface area contributed by atoms with Crippen LogP contribution in [0, 0.1) is 5.82 Å². The highest BCUT2D eigenvalue weighted by molar-refractivity contribution is 9.10. The molecule has 0 saturated carbocycles. The van der Waals surface area contributed by atoms with Crippen LogP contribution in [0.5, 0.6) is 0 Å². The number of aliphatic hydroxyl groups is 1. The van der Waals surface area contributed by atoms with E-state index in [-0.39, 0.29) is 10.6 Å². The number of aliphatic hydroxyl groups excluding tert-OH is 1. The number of benzene rings is 1. The van der Waals surface area contributed by atoms with E-state index in [1.54, 1.807) is 12.1 Å². The van der Waals surface area contributed by atoms with Crippen molar-refractivity contribution in [3.63, 3.8) is 0 Å². The molecule has 1 N–H and O–H groups in total. The molecule has 1 nitrogen and oxygen atoms in total. The van der Waals surface area contributed by atoms with Gasteiger partial charge in [0, 0.05) is 19.8 Å². The number of rotatable bonds is 3. The molecule has 0 aliphatic carbocycles. The van der Waals surface area contributed by atoms with Crippen LogP contribution in [0.25, 0.3) is 0 Å². The second-order valence-electron chi connectivity index (χ2n) is 3.82. The fraction of sp³-hybridized carbons (Fsp3) is 0.231. The van der Waals surface area contributed by atoms with E-state index in [0.29, 0.717) is 4.47 Å². The number of hydrogen-bond donors (Lipinski definition) is 1. The van der Waals surface area contributed by atoms with Crippen molar-refractivity contribution >= 4 is 38.9 Å². The van der Waals surface area contributed by atoms with Crippen molar-refractivity contribution in [2.24, 2.45) is 0 Å². The maximum atomic E-state index is 14.0. The highest BCUT2D eigenvalue weighted by Gasteiger charge is 2.19. The minimum Gasteiger partial charge on any atom is -0.383 e. The molecular formula is C13H11BrClFOS. The quantitative estimate of drug-likeness (QED) is 0.778. The molecular weight excluding hydrogens is 339 g/mol. The third kappa shape index (κ3) is 2.62. The monoisotopic (exact) mass is 348 g/mol. The lowest BCUT2D eigenvalue weighted by Crippen LogP contribution is -2.01. The van der Waals surface area contributed by atoms with Crippen LogP contribution in [0.2, 0.25) is 5.02 Å². The number of hydrogen-bond acceptors (Lipinski definition) is 2. The third-order valence-electron chi connectivity index (χ3n) is 2.66. The molecule has 1 unspecified atom stereocenters. The molecule has 5 heteroatoms. The van der Waals surface area contributed by atoms with Gasteiger partial charge in [0.1, 0.15) is 11.9 Å². The molecule has 0 aliphatic heterocycles. The summed E-state index contributed by atoms with van der Waals surface area (Å²) in [6, 6.07) is 6.95. The molecule has 0 saturated heterocycles. The summed E-state index contributed by atoms with van der Waals surface area (Å²) in [6.07, 6.45) is -0.0677. The summed E-state index contributed by atoms with van der Waals surface area (Å²) >= 11 is 10.5. The standard InChI is InChI=1S/C13H11BrClFOS/c1-2-7-3-6-10(18-7)13(17)8-4-5-9(14)11(15)12(8)16/h3-6,13,17H,2H2,1H3. The smallest absolute Gasteiger partial charge is 0.149 e. The predicted molar refractivity (Wildman–Crippen MR) is 76.9 cm³/mol. The van der Waals surface area contributed by atoms with Gasteiger partial charge in [-0.2, -0.15) is 0 Å². The zero-order valence-corrected chi connectivity index (χ0v) is 12.7. The number of aryl methyl sites for hydroxylation is 1. The minimum absolute atomic E-state index is 0.00109. The maximum Gasteiger partial charge on any atom is 0.149 e. The van der Waals surface area contributed by atoms with Gasteiger partial charge < -0.3 is 5.11 Å². The molecule has 0 bridgehead atoms. The van der Waals surface area contributed by atoms with Gasteiger partial charge in [-0.1, -0.05) is 24.6 Å². The number of halogens is 3. The first-order chi connectivity index (χ1) is 8.54. The van der Waals surface area contributed by atoms with Gasteiger partial charge in [0.15, 0.2) is 0 Å². The van der Waals surface area contributed by atoms with Crippen LogP contribution in [-0.4, -0.2) is 5.11 Å². The Kier molecular flexibility index (Phi) is 4.43. The zero-order chi connectivity index (χ0) is 13.3. The van der Waals surface area contributed by atoms with Crippen molar-refractivity contribution in [1.29, 1.82) is 0 Å². The van der Waals surface area contributed by atoms with Gasteiger partial charge in [0.25, 0.3) is 0 Å². The lowest BCUT2D eigenvalue weighted by atomic mass is 10.1. The van der Waals surface area contributed by atoms with Gasteiger partial charge in [-0.05, 0) is 40.5 Å². The van der Waals surface area contributed by atoms with Crippen molar-refractivity contribution in [3.8, 4) is 0 Å². The van der Waals surface area contributed by atoms with Crippen molar-refractivity contribution in [1.82, 2.24) is 0 Å². The highest BCUT2D eigenvalue weighted by Crippen LogP contribution is 2.35. The lowest BCUT2D eigenvalue weighted by molar-refractivity contribution is 0.219. The van der Waals surface area contributed by atoms with Crippen LogP contribution in [0.1, 0.15) is 28.3 Å². The van der Waals surface area contributed by atoms with E-state index < -0.39 is 11.9 Å². The molecule has 1 atom stereocenters. The Morgan fingerprint density at radius 1 is 1.39 bits per heavy atom. The molecule has 96 valence electrons. The molecule has 2 rings (SSSR count). The highest BCUT2D eigenvalue weighted by atomic mass is 79.9. The Labute approximate surface area is 122 Å². The van der Waals surface area contributed by atoms with Crippen LogP contribution in [0.3, 0.4) is 0 Å². The Morgan fingerprint density at radius 3 is 2.72 bits per heavy atom. The molecule has 1 heterocycles.